The molecule has 0 bridgehead atoms. The van der Waals surface area contributed by atoms with Crippen molar-refractivity contribution in [3.63, 3.8) is 0 Å². The van der Waals surface area contributed by atoms with Crippen LogP contribution in [0.4, 0.5) is 8.78 Å². The highest BCUT2D eigenvalue weighted by molar-refractivity contribution is 6.31. The summed E-state index contributed by atoms with van der Waals surface area (Å²) >= 11 is 6.00. The topological polar surface area (TPSA) is 37.3 Å². The molecular formula is C16H13ClF2O2. The summed E-state index contributed by atoms with van der Waals surface area (Å²) in [5, 5.41) is 9.72. The fraction of sp³-hybridized carbons (Fsp3) is 0.188. The van der Waals surface area contributed by atoms with Crippen LogP contribution in [-0.2, 0) is 17.6 Å². The summed E-state index contributed by atoms with van der Waals surface area (Å²) in [6.45, 7) is 0. The molecule has 5 heteroatoms. The molecule has 0 aliphatic rings. The van der Waals surface area contributed by atoms with Crippen molar-refractivity contribution in [3.05, 3.63) is 70.2 Å². The van der Waals surface area contributed by atoms with E-state index in [1.54, 1.807) is 24.3 Å². The monoisotopic (exact) mass is 310 g/mol. The molecule has 0 amide bonds. The van der Waals surface area contributed by atoms with Crippen LogP contribution in [0, 0.1) is 17.6 Å². The minimum absolute atomic E-state index is 0.114. The highest BCUT2D eigenvalue weighted by Gasteiger charge is 2.23. The maximum Gasteiger partial charge on any atom is 0.307 e. The fourth-order valence-electron chi connectivity index (χ4n) is 2.15. The van der Waals surface area contributed by atoms with Gasteiger partial charge in [-0.1, -0.05) is 35.9 Å². The third-order valence-corrected chi connectivity index (χ3v) is 3.65. The number of carbonyl (C=O) groups is 1. The first kappa shape index (κ1) is 15.4. The van der Waals surface area contributed by atoms with Gasteiger partial charge in [-0.2, -0.15) is 0 Å². The average molecular weight is 311 g/mol. The second-order valence-corrected chi connectivity index (χ2v) is 5.14. The van der Waals surface area contributed by atoms with E-state index in [0.29, 0.717) is 10.6 Å². The van der Waals surface area contributed by atoms with E-state index in [1.807, 2.05) is 0 Å². The second kappa shape index (κ2) is 6.68. The van der Waals surface area contributed by atoms with E-state index in [1.165, 1.54) is 6.07 Å². The molecule has 1 atom stereocenters. The Labute approximate surface area is 126 Å². The number of carboxylic acid groups (broad SMARTS) is 1. The Balaban J connectivity index is 2.25. The number of hydrogen-bond acceptors (Lipinski definition) is 1. The van der Waals surface area contributed by atoms with Crippen molar-refractivity contribution < 1.29 is 18.7 Å². The zero-order valence-electron chi connectivity index (χ0n) is 11.0. The van der Waals surface area contributed by atoms with E-state index in [2.05, 4.69) is 0 Å². The molecule has 0 heterocycles. The van der Waals surface area contributed by atoms with Gasteiger partial charge in [-0.15, -0.1) is 0 Å². The molecular weight excluding hydrogens is 298 g/mol. The molecule has 110 valence electrons. The normalized spacial score (nSPS) is 12.1. The van der Waals surface area contributed by atoms with E-state index in [0.717, 1.165) is 12.1 Å². The van der Waals surface area contributed by atoms with Crippen molar-refractivity contribution in [2.75, 3.05) is 0 Å². The Morgan fingerprint density at radius 2 is 1.67 bits per heavy atom. The number of hydrogen-bond donors (Lipinski definition) is 1. The molecule has 2 nitrogen and oxygen atoms in total. The lowest BCUT2D eigenvalue weighted by atomic mass is 9.92. The lowest BCUT2D eigenvalue weighted by molar-refractivity contribution is -0.141. The van der Waals surface area contributed by atoms with Crippen molar-refractivity contribution in [3.8, 4) is 0 Å². The largest absolute Gasteiger partial charge is 0.481 e. The number of aliphatic carboxylic acids is 1. The summed E-state index contributed by atoms with van der Waals surface area (Å²) in [5.41, 5.74) is 0.431. The van der Waals surface area contributed by atoms with Crippen molar-refractivity contribution in [1.82, 2.24) is 0 Å². The van der Waals surface area contributed by atoms with Crippen molar-refractivity contribution in [1.29, 1.82) is 0 Å². The highest BCUT2D eigenvalue weighted by Crippen LogP contribution is 2.23. The molecule has 0 radical (unpaired) electrons. The van der Waals surface area contributed by atoms with Crippen molar-refractivity contribution >= 4 is 17.6 Å². The minimum atomic E-state index is -1.11. The van der Waals surface area contributed by atoms with Gasteiger partial charge in [0.25, 0.3) is 0 Å². The fourth-order valence-corrected chi connectivity index (χ4v) is 2.36. The van der Waals surface area contributed by atoms with Gasteiger partial charge in [-0.3, -0.25) is 4.79 Å². The van der Waals surface area contributed by atoms with E-state index >= 15 is 0 Å². The lowest BCUT2D eigenvalue weighted by Gasteiger charge is -2.14. The van der Waals surface area contributed by atoms with E-state index in [9.17, 15) is 18.7 Å². The van der Waals surface area contributed by atoms with Crippen LogP contribution < -0.4 is 0 Å². The molecule has 0 fully saturated rings. The molecule has 21 heavy (non-hydrogen) atoms. The first-order valence-electron chi connectivity index (χ1n) is 6.38. The molecule has 0 aliphatic carbocycles. The predicted molar refractivity (Wildman–Crippen MR) is 76.3 cm³/mol. The molecule has 2 rings (SSSR count). The third kappa shape index (κ3) is 3.79. The SMILES string of the molecule is O=C(O)C(Cc1ccccc1Cl)Cc1c(F)cccc1F. The quantitative estimate of drug-likeness (QED) is 0.902. The maximum atomic E-state index is 13.6. The number of benzene rings is 2. The highest BCUT2D eigenvalue weighted by atomic mass is 35.5. The van der Waals surface area contributed by atoms with Gasteiger partial charge >= 0.3 is 5.97 Å². The zero-order valence-corrected chi connectivity index (χ0v) is 11.8. The average Bonchev–Trinajstić information content (AvgIpc) is 2.43. The Bertz CT molecular complexity index is 638. The number of halogens is 3. The van der Waals surface area contributed by atoms with Gasteiger partial charge in [0, 0.05) is 10.6 Å². The lowest BCUT2D eigenvalue weighted by Crippen LogP contribution is -2.20. The molecule has 1 N–H and O–H groups in total. The smallest absolute Gasteiger partial charge is 0.307 e. The van der Waals surface area contributed by atoms with Crippen LogP contribution in [0.3, 0.4) is 0 Å². The predicted octanol–water partition coefficient (Wildman–Crippen LogP) is 4.10. The molecule has 0 saturated carbocycles. The van der Waals surface area contributed by atoms with Crippen molar-refractivity contribution in [2.24, 2.45) is 5.92 Å². The van der Waals surface area contributed by atoms with Crippen LogP contribution in [0.5, 0.6) is 0 Å². The Morgan fingerprint density at radius 1 is 1.05 bits per heavy atom. The van der Waals surface area contributed by atoms with E-state index in [-0.39, 0.29) is 18.4 Å². The van der Waals surface area contributed by atoms with Gasteiger partial charge in [0.15, 0.2) is 0 Å². The summed E-state index contributed by atoms with van der Waals surface area (Å²) in [5.74, 6) is -3.53. The summed E-state index contributed by atoms with van der Waals surface area (Å²) in [7, 11) is 0. The van der Waals surface area contributed by atoms with E-state index < -0.39 is 23.5 Å². The van der Waals surface area contributed by atoms with Gasteiger partial charge in [0.05, 0.1) is 5.92 Å². The van der Waals surface area contributed by atoms with Gasteiger partial charge in [-0.05, 0) is 36.6 Å². The van der Waals surface area contributed by atoms with Crippen LogP contribution >= 0.6 is 11.6 Å². The third-order valence-electron chi connectivity index (χ3n) is 3.29. The minimum Gasteiger partial charge on any atom is -0.481 e. The summed E-state index contributed by atoms with van der Waals surface area (Å²) in [6, 6.07) is 10.3. The summed E-state index contributed by atoms with van der Waals surface area (Å²) in [4.78, 5) is 11.4. The standard InChI is InChI=1S/C16H13ClF2O2/c17-13-5-2-1-4-10(13)8-11(16(20)21)9-12-14(18)6-3-7-15(12)19/h1-7,11H,8-9H2,(H,20,21). The molecule has 1 unspecified atom stereocenters. The molecule has 0 aliphatic heterocycles. The number of carboxylic acids is 1. The van der Waals surface area contributed by atoms with Gasteiger partial charge < -0.3 is 5.11 Å². The summed E-state index contributed by atoms with van der Waals surface area (Å²) in [6.07, 6.45) is -0.109. The maximum absolute atomic E-state index is 13.6. The molecule has 2 aromatic rings. The summed E-state index contributed by atoms with van der Waals surface area (Å²) < 4.78 is 27.3. The van der Waals surface area contributed by atoms with Crippen LogP contribution in [-0.4, -0.2) is 11.1 Å². The van der Waals surface area contributed by atoms with Crippen LogP contribution in [0.1, 0.15) is 11.1 Å². The molecule has 0 spiro atoms. The van der Waals surface area contributed by atoms with Crippen LogP contribution in [0.15, 0.2) is 42.5 Å². The molecule has 0 saturated heterocycles. The van der Waals surface area contributed by atoms with Gasteiger partial charge in [0.2, 0.25) is 0 Å². The Kier molecular flexibility index (Phi) is 4.91. The first-order valence-corrected chi connectivity index (χ1v) is 6.76. The molecule has 2 aromatic carbocycles. The van der Waals surface area contributed by atoms with Crippen LogP contribution in [0.2, 0.25) is 5.02 Å². The first-order chi connectivity index (χ1) is 9.99. The second-order valence-electron chi connectivity index (χ2n) is 4.74. The molecule has 0 aromatic heterocycles. The van der Waals surface area contributed by atoms with Gasteiger partial charge in [-0.25, -0.2) is 8.78 Å². The Morgan fingerprint density at radius 3 is 2.24 bits per heavy atom. The van der Waals surface area contributed by atoms with E-state index in [4.69, 9.17) is 11.6 Å². The Hall–Kier alpha value is -1.94. The van der Waals surface area contributed by atoms with Crippen LogP contribution in [0.25, 0.3) is 0 Å². The number of rotatable bonds is 5. The zero-order chi connectivity index (χ0) is 15.4. The van der Waals surface area contributed by atoms with Crippen molar-refractivity contribution in [2.45, 2.75) is 12.8 Å². The van der Waals surface area contributed by atoms with Gasteiger partial charge in [0.1, 0.15) is 11.6 Å².